The van der Waals surface area contributed by atoms with Crippen LogP contribution in [0.4, 0.5) is 5.69 Å². The van der Waals surface area contributed by atoms with Crippen LogP contribution in [0.25, 0.3) is 22.3 Å². The van der Waals surface area contributed by atoms with Gasteiger partial charge in [0, 0.05) is 18.8 Å². The molecular formula is C33H29N3. The van der Waals surface area contributed by atoms with Gasteiger partial charge in [-0.25, -0.2) is 0 Å². The summed E-state index contributed by atoms with van der Waals surface area (Å²) in [5, 5.41) is 0. The van der Waals surface area contributed by atoms with Gasteiger partial charge in [0.1, 0.15) is 0 Å². The monoisotopic (exact) mass is 467 g/mol. The molecule has 6 N–H and O–H groups in total. The van der Waals surface area contributed by atoms with Crippen LogP contribution in [-0.2, 0) is 18.5 Å². The van der Waals surface area contributed by atoms with E-state index in [0.717, 1.165) is 33.5 Å². The summed E-state index contributed by atoms with van der Waals surface area (Å²) in [5.41, 5.74) is 30.7. The van der Waals surface area contributed by atoms with E-state index in [1.165, 1.54) is 27.8 Å². The number of hydrogen-bond acceptors (Lipinski definition) is 3. The van der Waals surface area contributed by atoms with E-state index in [9.17, 15) is 0 Å². The van der Waals surface area contributed by atoms with Crippen LogP contribution < -0.4 is 17.2 Å². The maximum absolute atomic E-state index is 6.52. The number of anilines is 1. The standard InChI is InChI=1S/C33H29N3/c34-20-22-7-5-9-24(17-22)27-16-15-26(36)19-32(27)33(25-10-6-8-23(18-25)21-35)30-13-3-1-11-28(30)29-12-2-4-14-31(29)33/h1-19H,20-21,34-36H2. The highest BCUT2D eigenvalue weighted by atomic mass is 14.6. The van der Waals surface area contributed by atoms with Crippen molar-refractivity contribution in [2.24, 2.45) is 11.5 Å². The minimum Gasteiger partial charge on any atom is -0.399 e. The average molecular weight is 468 g/mol. The van der Waals surface area contributed by atoms with Gasteiger partial charge in [0.15, 0.2) is 0 Å². The molecule has 0 spiro atoms. The van der Waals surface area contributed by atoms with Crippen LogP contribution in [0.15, 0.2) is 115 Å². The van der Waals surface area contributed by atoms with Crippen LogP contribution in [0.2, 0.25) is 0 Å². The van der Waals surface area contributed by atoms with E-state index in [1.807, 2.05) is 6.07 Å². The zero-order chi connectivity index (χ0) is 24.7. The Morgan fingerprint density at radius 3 is 1.78 bits per heavy atom. The third-order valence-corrected chi connectivity index (χ3v) is 7.47. The Morgan fingerprint density at radius 1 is 0.500 bits per heavy atom. The maximum atomic E-state index is 6.52. The average Bonchev–Trinajstić information content (AvgIpc) is 3.24. The molecule has 3 nitrogen and oxygen atoms in total. The van der Waals surface area contributed by atoms with Crippen molar-refractivity contribution in [3.8, 4) is 22.3 Å². The van der Waals surface area contributed by atoms with Crippen LogP contribution in [0.3, 0.4) is 0 Å². The Morgan fingerprint density at radius 2 is 1.11 bits per heavy atom. The summed E-state index contributed by atoms with van der Waals surface area (Å²) in [6.45, 7) is 0.975. The predicted molar refractivity (Wildman–Crippen MR) is 149 cm³/mol. The molecule has 0 radical (unpaired) electrons. The maximum Gasteiger partial charge on any atom is 0.0720 e. The molecule has 0 aromatic heterocycles. The SMILES string of the molecule is NCc1cccc(-c2ccc(N)cc2C2(c3cccc(CN)c3)c3ccccc3-c3ccccc32)c1. The van der Waals surface area contributed by atoms with Crippen molar-refractivity contribution in [1.82, 2.24) is 0 Å². The number of rotatable bonds is 5. The van der Waals surface area contributed by atoms with Crippen LogP contribution in [0.1, 0.15) is 33.4 Å². The van der Waals surface area contributed by atoms with Gasteiger partial charge in [0.05, 0.1) is 5.41 Å². The molecule has 5 aromatic rings. The third-order valence-electron chi connectivity index (χ3n) is 7.47. The summed E-state index contributed by atoms with van der Waals surface area (Å²) >= 11 is 0. The molecule has 1 aliphatic rings. The lowest BCUT2D eigenvalue weighted by Gasteiger charge is -2.36. The number of fused-ring (bicyclic) bond motifs is 3. The highest BCUT2D eigenvalue weighted by molar-refractivity contribution is 5.89. The largest absolute Gasteiger partial charge is 0.399 e. The van der Waals surface area contributed by atoms with E-state index in [4.69, 9.17) is 17.2 Å². The van der Waals surface area contributed by atoms with Crippen LogP contribution in [0.5, 0.6) is 0 Å². The van der Waals surface area contributed by atoms with Gasteiger partial charge in [0.2, 0.25) is 0 Å². The fourth-order valence-corrected chi connectivity index (χ4v) is 5.91. The molecule has 6 rings (SSSR count). The Balaban J connectivity index is 1.79. The van der Waals surface area contributed by atoms with Gasteiger partial charge in [-0.3, -0.25) is 0 Å². The topological polar surface area (TPSA) is 78.1 Å². The number of hydrogen-bond donors (Lipinski definition) is 3. The Labute approximate surface area is 212 Å². The number of nitrogens with two attached hydrogens (primary N) is 3. The zero-order valence-corrected chi connectivity index (χ0v) is 20.1. The summed E-state index contributed by atoms with van der Waals surface area (Å²) in [4.78, 5) is 0. The van der Waals surface area contributed by atoms with Crippen LogP contribution in [0, 0.1) is 0 Å². The molecule has 36 heavy (non-hydrogen) atoms. The highest BCUT2D eigenvalue weighted by Gasteiger charge is 2.47. The van der Waals surface area contributed by atoms with E-state index < -0.39 is 5.41 Å². The molecule has 3 heteroatoms. The van der Waals surface area contributed by atoms with Crippen molar-refractivity contribution < 1.29 is 0 Å². The first-order valence-electron chi connectivity index (χ1n) is 12.3. The summed E-state index contributed by atoms with van der Waals surface area (Å²) < 4.78 is 0. The van der Waals surface area contributed by atoms with E-state index in [1.54, 1.807) is 0 Å². The number of benzene rings is 5. The zero-order valence-electron chi connectivity index (χ0n) is 20.1. The first-order chi connectivity index (χ1) is 17.7. The molecule has 176 valence electrons. The molecule has 0 aliphatic heterocycles. The lowest BCUT2D eigenvalue weighted by molar-refractivity contribution is 0.768. The molecule has 0 bridgehead atoms. The normalized spacial score (nSPS) is 13.3. The van der Waals surface area contributed by atoms with E-state index in [-0.39, 0.29) is 0 Å². The van der Waals surface area contributed by atoms with Crippen molar-refractivity contribution in [2.75, 3.05) is 5.73 Å². The van der Waals surface area contributed by atoms with Gasteiger partial charge in [0.25, 0.3) is 0 Å². The number of nitrogen functional groups attached to an aromatic ring is 1. The molecule has 0 atom stereocenters. The van der Waals surface area contributed by atoms with Gasteiger partial charge >= 0.3 is 0 Å². The lowest BCUT2D eigenvalue weighted by Crippen LogP contribution is -2.30. The Kier molecular flexibility index (Phi) is 5.45. The highest BCUT2D eigenvalue weighted by Crippen LogP contribution is 2.57. The summed E-state index contributed by atoms with van der Waals surface area (Å²) in [7, 11) is 0. The Bertz CT molecular complexity index is 1540. The van der Waals surface area contributed by atoms with Gasteiger partial charge in [-0.05, 0) is 73.8 Å². The first kappa shape index (κ1) is 22.3. The van der Waals surface area contributed by atoms with Crippen LogP contribution >= 0.6 is 0 Å². The Hall–Kier alpha value is -4.18. The van der Waals surface area contributed by atoms with Crippen molar-refractivity contribution in [1.29, 1.82) is 0 Å². The van der Waals surface area contributed by atoms with Gasteiger partial charge < -0.3 is 17.2 Å². The molecule has 0 fully saturated rings. The quantitative estimate of drug-likeness (QED) is 0.264. The van der Waals surface area contributed by atoms with E-state index >= 15 is 0 Å². The molecule has 0 saturated heterocycles. The minimum absolute atomic E-state index is 0.482. The molecule has 0 amide bonds. The van der Waals surface area contributed by atoms with Gasteiger partial charge in [-0.15, -0.1) is 0 Å². The second kappa shape index (κ2) is 8.80. The van der Waals surface area contributed by atoms with Crippen molar-refractivity contribution in [3.63, 3.8) is 0 Å². The fraction of sp³-hybridized carbons (Fsp3) is 0.0909. The van der Waals surface area contributed by atoms with E-state index in [0.29, 0.717) is 13.1 Å². The molecular weight excluding hydrogens is 438 g/mol. The molecule has 0 heterocycles. The second-order valence-corrected chi connectivity index (χ2v) is 9.46. The van der Waals surface area contributed by atoms with Crippen molar-refractivity contribution in [2.45, 2.75) is 18.5 Å². The van der Waals surface area contributed by atoms with Gasteiger partial charge in [-0.1, -0.05) is 97.1 Å². The van der Waals surface area contributed by atoms with Crippen molar-refractivity contribution >= 4 is 5.69 Å². The smallest absolute Gasteiger partial charge is 0.0720 e. The van der Waals surface area contributed by atoms with Gasteiger partial charge in [-0.2, -0.15) is 0 Å². The minimum atomic E-state index is -0.554. The molecule has 1 aliphatic carbocycles. The summed E-state index contributed by atoms with van der Waals surface area (Å²) in [6, 6.07) is 40.9. The third kappa shape index (κ3) is 3.29. The summed E-state index contributed by atoms with van der Waals surface area (Å²) in [5.74, 6) is 0. The second-order valence-electron chi connectivity index (χ2n) is 9.46. The molecule has 0 unspecified atom stereocenters. The van der Waals surface area contributed by atoms with Crippen molar-refractivity contribution in [3.05, 3.63) is 149 Å². The predicted octanol–water partition coefficient (Wildman–Crippen LogP) is 6.22. The van der Waals surface area contributed by atoms with E-state index in [2.05, 4.69) is 109 Å². The fourth-order valence-electron chi connectivity index (χ4n) is 5.91. The molecule has 0 saturated carbocycles. The first-order valence-corrected chi connectivity index (χ1v) is 12.3. The molecule has 5 aromatic carbocycles. The lowest BCUT2D eigenvalue weighted by atomic mass is 9.65. The summed E-state index contributed by atoms with van der Waals surface area (Å²) in [6.07, 6.45) is 0. The van der Waals surface area contributed by atoms with Crippen LogP contribution in [-0.4, -0.2) is 0 Å².